The number of carbonyl (C=O) groups excluding carboxylic acids is 1. The van der Waals surface area contributed by atoms with Gasteiger partial charge in [-0.05, 0) is 35.9 Å². The Bertz CT molecular complexity index is 551. The number of thiophene rings is 1. The zero-order chi connectivity index (χ0) is 14.4. The van der Waals surface area contributed by atoms with Crippen LogP contribution in [0, 0.1) is 6.92 Å². The summed E-state index contributed by atoms with van der Waals surface area (Å²) >= 11 is 1.68. The Labute approximate surface area is 123 Å². The molecular formula is C16H19NO2S. The van der Waals surface area contributed by atoms with Crippen molar-refractivity contribution in [2.45, 2.75) is 19.4 Å². The van der Waals surface area contributed by atoms with Crippen molar-refractivity contribution in [1.29, 1.82) is 0 Å². The predicted molar refractivity (Wildman–Crippen MR) is 82.0 cm³/mol. The largest absolute Gasteiger partial charge is 0.375 e. The smallest absolute Gasteiger partial charge is 0.246 e. The number of methoxy groups -OCH3 is 1. The third kappa shape index (κ3) is 3.92. The first-order valence-corrected chi connectivity index (χ1v) is 7.45. The summed E-state index contributed by atoms with van der Waals surface area (Å²) < 4.78 is 4.89. The second-order valence-electron chi connectivity index (χ2n) is 4.71. The van der Waals surface area contributed by atoms with Gasteiger partial charge in [0.25, 0.3) is 0 Å². The van der Waals surface area contributed by atoms with E-state index in [9.17, 15) is 4.79 Å². The molecule has 0 fully saturated rings. The molecule has 1 amide bonds. The normalized spacial score (nSPS) is 12.1. The fourth-order valence-electron chi connectivity index (χ4n) is 2.17. The monoisotopic (exact) mass is 289 g/mol. The molecule has 0 saturated carbocycles. The van der Waals surface area contributed by atoms with E-state index in [0.29, 0.717) is 0 Å². The van der Waals surface area contributed by atoms with Crippen LogP contribution in [0.3, 0.4) is 0 Å². The Hall–Kier alpha value is -1.65. The minimum Gasteiger partial charge on any atom is -0.375 e. The number of nitrogens with one attached hydrogen (secondary N) is 1. The lowest BCUT2D eigenvalue weighted by Gasteiger charge is -2.18. The zero-order valence-corrected chi connectivity index (χ0v) is 12.6. The molecule has 0 aliphatic heterocycles. The van der Waals surface area contributed by atoms with Gasteiger partial charge in [0.1, 0.15) is 6.61 Å². The summed E-state index contributed by atoms with van der Waals surface area (Å²) in [5.41, 5.74) is 2.43. The van der Waals surface area contributed by atoms with E-state index in [1.54, 1.807) is 11.3 Å². The minimum absolute atomic E-state index is 0.0000463. The van der Waals surface area contributed by atoms with Crippen LogP contribution >= 0.6 is 11.3 Å². The van der Waals surface area contributed by atoms with Crippen LogP contribution in [-0.2, 0) is 16.0 Å². The van der Waals surface area contributed by atoms with Crippen molar-refractivity contribution >= 4 is 17.2 Å². The van der Waals surface area contributed by atoms with Crippen LogP contribution in [0.2, 0.25) is 0 Å². The Kier molecular flexibility index (Phi) is 5.32. The maximum absolute atomic E-state index is 11.8. The van der Waals surface area contributed by atoms with E-state index < -0.39 is 0 Å². The summed E-state index contributed by atoms with van der Waals surface area (Å²) in [6, 6.07) is 12.3. The lowest BCUT2D eigenvalue weighted by atomic mass is 10.0. The molecule has 2 aromatic rings. The highest BCUT2D eigenvalue weighted by Crippen LogP contribution is 2.26. The number of benzene rings is 1. The van der Waals surface area contributed by atoms with Crippen molar-refractivity contribution in [3.8, 4) is 0 Å². The van der Waals surface area contributed by atoms with Crippen molar-refractivity contribution in [3.63, 3.8) is 0 Å². The number of amides is 1. The third-order valence-corrected chi connectivity index (χ3v) is 4.24. The second kappa shape index (κ2) is 7.22. The van der Waals surface area contributed by atoms with Gasteiger partial charge in [-0.25, -0.2) is 0 Å². The van der Waals surface area contributed by atoms with Gasteiger partial charge < -0.3 is 10.1 Å². The molecule has 1 aromatic heterocycles. The molecule has 1 heterocycles. The number of carbonyl (C=O) groups is 1. The molecule has 20 heavy (non-hydrogen) atoms. The summed E-state index contributed by atoms with van der Waals surface area (Å²) in [7, 11) is 1.53. The fourth-order valence-corrected chi connectivity index (χ4v) is 3.15. The average molecular weight is 289 g/mol. The molecule has 0 spiro atoms. The molecule has 0 aliphatic carbocycles. The summed E-state index contributed by atoms with van der Waals surface area (Å²) in [5, 5.41) is 5.12. The molecule has 4 heteroatoms. The van der Waals surface area contributed by atoms with E-state index in [2.05, 4.69) is 35.8 Å². The van der Waals surface area contributed by atoms with E-state index >= 15 is 0 Å². The van der Waals surface area contributed by atoms with Gasteiger partial charge >= 0.3 is 0 Å². The highest BCUT2D eigenvalue weighted by atomic mass is 32.1. The lowest BCUT2D eigenvalue weighted by Crippen LogP contribution is -2.32. The highest BCUT2D eigenvalue weighted by molar-refractivity contribution is 7.10. The Morgan fingerprint density at radius 1 is 1.30 bits per heavy atom. The summed E-state index contributed by atoms with van der Waals surface area (Å²) in [6.45, 7) is 2.17. The summed E-state index contributed by atoms with van der Waals surface area (Å²) in [6.07, 6.45) is 0.789. The minimum atomic E-state index is -0.0822. The van der Waals surface area contributed by atoms with Crippen LogP contribution in [-0.4, -0.2) is 19.6 Å². The molecule has 0 radical (unpaired) electrons. The van der Waals surface area contributed by atoms with Crippen molar-refractivity contribution in [2.24, 2.45) is 0 Å². The van der Waals surface area contributed by atoms with Crippen molar-refractivity contribution in [2.75, 3.05) is 13.7 Å². The molecule has 0 aliphatic rings. The number of hydrogen-bond donors (Lipinski definition) is 1. The highest BCUT2D eigenvalue weighted by Gasteiger charge is 2.18. The van der Waals surface area contributed by atoms with Crippen LogP contribution < -0.4 is 5.32 Å². The van der Waals surface area contributed by atoms with Crippen molar-refractivity contribution in [3.05, 3.63) is 57.8 Å². The van der Waals surface area contributed by atoms with Gasteiger partial charge in [-0.1, -0.05) is 30.3 Å². The summed E-state index contributed by atoms with van der Waals surface area (Å²) in [5.74, 6) is -0.0822. The number of rotatable bonds is 6. The van der Waals surface area contributed by atoms with Gasteiger partial charge in [0.15, 0.2) is 0 Å². The maximum Gasteiger partial charge on any atom is 0.246 e. The third-order valence-electron chi connectivity index (χ3n) is 3.11. The molecule has 2 rings (SSSR count). The Balaban J connectivity index is 2.16. The molecular weight excluding hydrogens is 270 g/mol. The maximum atomic E-state index is 11.8. The van der Waals surface area contributed by atoms with E-state index in [1.165, 1.54) is 23.1 Å². The first-order chi connectivity index (χ1) is 9.70. The summed E-state index contributed by atoms with van der Waals surface area (Å²) in [4.78, 5) is 13.0. The Morgan fingerprint density at radius 2 is 2.05 bits per heavy atom. The van der Waals surface area contributed by atoms with Gasteiger partial charge in [-0.3, -0.25) is 4.79 Å². The van der Waals surface area contributed by atoms with E-state index in [-0.39, 0.29) is 18.6 Å². The van der Waals surface area contributed by atoms with Gasteiger partial charge in [0.2, 0.25) is 5.91 Å². The van der Waals surface area contributed by atoms with Crippen LogP contribution in [0.15, 0.2) is 41.8 Å². The standard InChI is InChI=1S/C16H19NO2S/c1-12-8-9-20-16(12)14(17-15(18)11-19-2)10-13-6-4-3-5-7-13/h3-9,14H,10-11H2,1-2H3,(H,17,18)/t14-/m0/s1. The first-order valence-electron chi connectivity index (χ1n) is 6.57. The van der Waals surface area contributed by atoms with Crippen LogP contribution in [0.4, 0.5) is 0 Å². The van der Waals surface area contributed by atoms with Crippen molar-refractivity contribution < 1.29 is 9.53 Å². The molecule has 1 atom stereocenters. The van der Waals surface area contributed by atoms with Crippen molar-refractivity contribution in [1.82, 2.24) is 5.32 Å². The second-order valence-corrected chi connectivity index (χ2v) is 5.66. The SMILES string of the molecule is COCC(=O)N[C@@H](Cc1ccccc1)c1sccc1C. The zero-order valence-electron chi connectivity index (χ0n) is 11.8. The number of hydrogen-bond acceptors (Lipinski definition) is 3. The van der Waals surface area contributed by atoms with Crippen LogP contribution in [0.1, 0.15) is 22.0 Å². The van der Waals surface area contributed by atoms with E-state index in [0.717, 1.165) is 6.42 Å². The molecule has 1 aromatic carbocycles. The predicted octanol–water partition coefficient (Wildman–Crippen LogP) is 3.10. The molecule has 3 nitrogen and oxygen atoms in total. The molecule has 0 bridgehead atoms. The fraction of sp³-hybridized carbons (Fsp3) is 0.312. The van der Waals surface area contributed by atoms with E-state index in [1.807, 2.05) is 18.2 Å². The lowest BCUT2D eigenvalue weighted by molar-refractivity contribution is -0.125. The Morgan fingerprint density at radius 3 is 2.65 bits per heavy atom. The average Bonchev–Trinajstić information content (AvgIpc) is 2.86. The van der Waals surface area contributed by atoms with Crippen LogP contribution in [0.5, 0.6) is 0 Å². The molecule has 106 valence electrons. The van der Waals surface area contributed by atoms with Gasteiger partial charge in [0, 0.05) is 12.0 Å². The van der Waals surface area contributed by atoms with Gasteiger partial charge in [-0.2, -0.15) is 0 Å². The van der Waals surface area contributed by atoms with Gasteiger partial charge in [0.05, 0.1) is 6.04 Å². The number of ether oxygens (including phenoxy) is 1. The van der Waals surface area contributed by atoms with Gasteiger partial charge in [-0.15, -0.1) is 11.3 Å². The van der Waals surface area contributed by atoms with E-state index in [4.69, 9.17) is 4.74 Å². The quantitative estimate of drug-likeness (QED) is 0.887. The molecule has 0 unspecified atom stereocenters. The number of aryl methyl sites for hydroxylation is 1. The topological polar surface area (TPSA) is 38.3 Å². The first kappa shape index (κ1) is 14.8. The molecule has 1 N–H and O–H groups in total. The van der Waals surface area contributed by atoms with Crippen LogP contribution in [0.25, 0.3) is 0 Å². The molecule has 0 saturated heterocycles.